The van der Waals surface area contributed by atoms with Crippen LogP contribution in [0.1, 0.15) is 47.5 Å². The van der Waals surface area contributed by atoms with Gasteiger partial charge in [-0.05, 0) is 34.1 Å². The number of aliphatic hydroxyl groups is 1. The Labute approximate surface area is 110 Å². The fraction of sp³-hybridized carbons (Fsp3) is 0.923. The summed E-state index contributed by atoms with van der Waals surface area (Å²) in [5.41, 5.74) is -1.15. The van der Waals surface area contributed by atoms with Crippen LogP contribution < -0.4 is 5.32 Å². The molecule has 5 heteroatoms. The van der Waals surface area contributed by atoms with E-state index in [4.69, 9.17) is 9.47 Å². The van der Waals surface area contributed by atoms with Gasteiger partial charge in [0.15, 0.2) is 0 Å². The summed E-state index contributed by atoms with van der Waals surface area (Å²) in [5.74, 6) is 0. The largest absolute Gasteiger partial charge is 0.444 e. The number of hydrogen-bond acceptors (Lipinski definition) is 4. The lowest BCUT2D eigenvalue weighted by Crippen LogP contribution is -2.55. The van der Waals surface area contributed by atoms with Crippen LogP contribution in [0, 0.1) is 0 Å². The molecule has 0 aromatic heterocycles. The molecule has 2 N–H and O–H groups in total. The van der Waals surface area contributed by atoms with Crippen LogP contribution in [0.3, 0.4) is 0 Å². The van der Waals surface area contributed by atoms with Crippen LogP contribution >= 0.6 is 0 Å². The molecule has 0 radical (unpaired) electrons. The molecule has 0 aliphatic carbocycles. The first-order valence-corrected chi connectivity index (χ1v) is 6.34. The number of methoxy groups -OCH3 is 1. The topological polar surface area (TPSA) is 67.8 Å². The molecule has 1 amide bonds. The third kappa shape index (κ3) is 5.69. The summed E-state index contributed by atoms with van der Waals surface area (Å²) in [7, 11) is 1.58. The minimum Gasteiger partial charge on any atom is -0.444 e. The third-order valence-corrected chi connectivity index (χ3v) is 2.82. The minimum absolute atomic E-state index is 0.191. The van der Waals surface area contributed by atoms with E-state index in [1.165, 1.54) is 0 Å². The molecule has 0 bridgehead atoms. The van der Waals surface area contributed by atoms with E-state index in [0.717, 1.165) is 12.8 Å². The smallest absolute Gasteiger partial charge is 0.408 e. The van der Waals surface area contributed by atoms with Gasteiger partial charge in [0, 0.05) is 7.11 Å². The summed E-state index contributed by atoms with van der Waals surface area (Å²) in [6.45, 7) is 9.09. The van der Waals surface area contributed by atoms with Crippen molar-refractivity contribution < 1.29 is 19.4 Å². The first kappa shape index (κ1) is 17.2. The lowest BCUT2D eigenvalue weighted by atomic mass is 9.91. The number of hydrogen-bond donors (Lipinski definition) is 2. The normalized spacial score (nSPS) is 16.8. The molecule has 5 nitrogen and oxygen atoms in total. The van der Waals surface area contributed by atoms with E-state index in [1.807, 2.05) is 13.8 Å². The van der Waals surface area contributed by atoms with Crippen LogP contribution in [-0.4, -0.2) is 42.2 Å². The van der Waals surface area contributed by atoms with Gasteiger partial charge in [-0.15, -0.1) is 0 Å². The maximum atomic E-state index is 11.7. The number of aliphatic hydroxyl groups excluding tert-OH is 1. The summed E-state index contributed by atoms with van der Waals surface area (Å²) < 4.78 is 10.6. The first-order chi connectivity index (χ1) is 8.18. The second-order valence-electron chi connectivity index (χ2n) is 5.65. The lowest BCUT2D eigenvalue weighted by molar-refractivity contribution is -0.0492. The summed E-state index contributed by atoms with van der Waals surface area (Å²) in [6, 6.07) is -0.489. The number of nitrogens with one attached hydrogen (secondary N) is 1. The summed E-state index contributed by atoms with van der Waals surface area (Å²) in [4.78, 5) is 11.7. The van der Waals surface area contributed by atoms with Gasteiger partial charge in [-0.3, -0.25) is 0 Å². The van der Waals surface area contributed by atoms with Crippen molar-refractivity contribution in [1.82, 2.24) is 5.32 Å². The van der Waals surface area contributed by atoms with Gasteiger partial charge in [0.1, 0.15) is 5.60 Å². The molecule has 0 rings (SSSR count). The molecule has 1 unspecified atom stereocenters. The number of amides is 1. The van der Waals surface area contributed by atoms with Gasteiger partial charge < -0.3 is 19.9 Å². The van der Waals surface area contributed by atoms with E-state index in [9.17, 15) is 9.90 Å². The maximum Gasteiger partial charge on any atom is 0.408 e. The molecule has 108 valence electrons. The Balaban J connectivity index is 4.63. The Hall–Kier alpha value is -0.810. The van der Waals surface area contributed by atoms with Crippen LogP contribution in [0.2, 0.25) is 0 Å². The van der Waals surface area contributed by atoms with Gasteiger partial charge in [-0.2, -0.15) is 0 Å². The van der Waals surface area contributed by atoms with Crippen LogP contribution in [0.4, 0.5) is 4.79 Å². The zero-order valence-corrected chi connectivity index (χ0v) is 12.4. The highest BCUT2D eigenvalue weighted by atomic mass is 16.6. The second-order valence-corrected chi connectivity index (χ2v) is 5.65. The fourth-order valence-corrected chi connectivity index (χ4v) is 1.76. The number of carbonyl (C=O) groups is 1. The average molecular weight is 261 g/mol. The number of alkyl carbamates (subject to hydrolysis) is 1. The van der Waals surface area contributed by atoms with Crippen molar-refractivity contribution in [2.45, 2.75) is 64.7 Å². The van der Waals surface area contributed by atoms with Gasteiger partial charge in [0.25, 0.3) is 0 Å². The molecule has 0 fully saturated rings. The molecule has 18 heavy (non-hydrogen) atoms. The monoisotopic (exact) mass is 261 g/mol. The van der Waals surface area contributed by atoms with E-state index in [2.05, 4.69) is 5.32 Å². The zero-order chi connectivity index (χ0) is 14.4. The Kier molecular flexibility index (Phi) is 6.63. The van der Waals surface area contributed by atoms with Crippen LogP contribution in [0.25, 0.3) is 0 Å². The van der Waals surface area contributed by atoms with E-state index < -0.39 is 23.3 Å². The molecule has 0 spiro atoms. The van der Waals surface area contributed by atoms with E-state index in [0.29, 0.717) is 0 Å². The quantitative estimate of drug-likeness (QED) is 0.768. The number of rotatable bonds is 6. The predicted octanol–water partition coefficient (Wildman–Crippen LogP) is 2.08. The summed E-state index contributed by atoms with van der Waals surface area (Å²) in [5, 5.41) is 12.1. The molecular formula is C13H27NO4. The highest BCUT2D eigenvalue weighted by Gasteiger charge is 2.35. The van der Waals surface area contributed by atoms with E-state index in [-0.39, 0.29) is 6.61 Å². The number of carbonyl (C=O) groups excluding carboxylic acids is 1. The minimum atomic E-state index is -0.597. The van der Waals surface area contributed by atoms with Gasteiger partial charge in [-0.25, -0.2) is 4.79 Å². The summed E-state index contributed by atoms with van der Waals surface area (Å²) >= 11 is 0. The Morgan fingerprint density at radius 1 is 1.33 bits per heavy atom. The van der Waals surface area contributed by atoms with Gasteiger partial charge in [0.2, 0.25) is 0 Å². The van der Waals surface area contributed by atoms with Crippen LogP contribution in [-0.2, 0) is 9.47 Å². The van der Waals surface area contributed by atoms with Crippen molar-refractivity contribution in [1.29, 1.82) is 0 Å². The van der Waals surface area contributed by atoms with Crippen LogP contribution in [0.15, 0.2) is 0 Å². The third-order valence-electron chi connectivity index (χ3n) is 2.82. The standard InChI is InChI=1S/C13H27NO4/c1-7-8-13(5,17-6)10(9-15)14-11(16)18-12(2,3)4/h10,15H,7-9H2,1-6H3,(H,14,16)/t10-,13?/m1/s1. The Morgan fingerprint density at radius 2 is 1.89 bits per heavy atom. The fourth-order valence-electron chi connectivity index (χ4n) is 1.76. The molecule has 0 aromatic rings. The van der Waals surface area contributed by atoms with Gasteiger partial charge >= 0.3 is 6.09 Å². The molecule has 0 aromatic carbocycles. The molecular weight excluding hydrogens is 234 g/mol. The van der Waals surface area contributed by atoms with Crippen molar-refractivity contribution in [2.24, 2.45) is 0 Å². The van der Waals surface area contributed by atoms with E-state index in [1.54, 1.807) is 27.9 Å². The van der Waals surface area contributed by atoms with Gasteiger partial charge in [-0.1, -0.05) is 13.3 Å². The van der Waals surface area contributed by atoms with Crippen LogP contribution in [0.5, 0.6) is 0 Å². The van der Waals surface area contributed by atoms with Crippen molar-refractivity contribution in [2.75, 3.05) is 13.7 Å². The Bertz CT molecular complexity index is 262. The second kappa shape index (κ2) is 6.95. The lowest BCUT2D eigenvalue weighted by Gasteiger charge is -2.36. The van der Waals surface area contributed by atoms with Crippen molar-refractivity contribution in [3.63, 3.8) is 0 Å². The SMILES string of the molecule is CCCC(C)(OC)[C@@H](CO)NC(=O)OC(C)(C)C. The molecule has 0 saturated heterocycles. The molecule has 0 saturated carbocycles. The highest BCUT2D eigenvalue weighted by Crippen LogP contribution is 2.21. The van der Waals surface area contributed by atoms with Crippen molar-refractivity contribution >= 4 is 6.09 Å². The van der Waals surface area contributed by atoms with Gasteiger partial charge in [0.05, 0.1) is 18.2 Å². The van der Waals surface area contributed by atoms with E-state index >= 15 is 0 Å². The average Bonchev–Trinajstić information content (AvgIpc) is 2.23. The Morgan fingerprint density at radius 3 is 2.22 bits per heavy atom. The first-order valence-electron chi connectivity index (χ1n) is 6.34. The zero-order valence-electron chi connectivity index (χ0n) is 12.4. The molecule has 2 atom stereocenters. The molecule has 0 aliphatic rings. The van der Waals surface area contributed by atoms with Crippen molar-refractivity contribution in [3.8, 4) is 0 Å². The predicted molar refractivity (Wildman–Crippen MR) is 70.6 cm³/mol. The van der Waals surface area contributed by atoms with Crippen molar-refractivity contribution in [3.05, 3.63) is 0 Å². The molecule has 0 heterocycles. The maximum absolute atomic E-state index is 11.7. The molecule has 0 aliphatic heterocycles. The highest BCUT2D eigenvalue weighted by molar-refractivity contribution is 5.68. The summed E-state index contributed by atoms with van der Waals surface area (Å²) in [6.07, 6.45) is 1.10. The number of ether oxygens (including phenoxy) is 2.